The molecule has 0 fully saturated rings. The monoisotopic (exact) mass is 301 g/mol. The summed E-state index contributed by atoms with van der Waals surface area (Å²) in [6.45, 7) is 0.370. The smallest absolute Gasteiger partial charge is 0.307 e. The van der Waals surface area contributed by atoms with Crippen LogP contribution in [-0.2, 0) is 19.1 Å². The first-order valence-electron chi connectivity index (χ1n) is 6.66. The van der Waals surface area contributed by atoms with Gasteiger partial charge in [0.05, 0.1) is 27.6 Å². The minimum absolute atomic E-state index is 0.0802. The number of aliphatic carboxylic acids is 2. The molecule has 0 amide bonds. The van der Waals surface area contributed by atoms with Gasteiger partial charge in [0.25, 0.3) is 0 Å². The highest BCUT2D eigenvalue weighted by atomic mass is 16.5. The van der Waals surface area contributed by atoms with Crippen molar-refractivity contribution in [3.63, 3.8) is 0 Å². The fraction of sp³-hybridized carbons (Fsp3) is 0.643. The molecular weight excluding hydrogens is 278 g/mol. The molecule has 120 valence electrons. The minimum atomic E-state index is -1.26. The molecule has 0 aromatic carbocycles. The van der Waals surface area contributed by atoms with E-state index in [0.29, 0.717) is 17.4 Å². The number of hydrogen-bond donors (Lipinski definition) is 1. The minimum Gasteiger partial charge on any atom is -0.550 e. The average molecular weight is 301 g/mol. The SMILES string of the molecule is C[N+](C)(C)CC(CC(=O)[O-])OC(=O)CC/C=C/CC(=O)O. The molecule has 0 aromatic rings. The van der Waals surface area contributed by atoms with E-state index in [9.17, 15) is 19.5 Å². The number of rotatable bonds is 10. The van der Waals surface area contributed by atoms with Crippen LogP contribution in [0, 0.1) is 0 Å². The van der Waals surface area contributed by atoms with Crippen LogP contribution in [0.15, 0.2) is 12.2 Å². The molecule has 7 nitrogen and oxygen atoms in total. The van der Waals surface area contributed by atoms with Crippen molar-refractivity contribution in [2.75, 3.05) is 27.7 Å². The van der Waals surface area contributed by atoms with Crippen LogP contribution in [0.1, 0.15) is 25.7 Å². The summed E-state index contributed by atoms with van der Waals surface area (Å²) in [4.78, 5) is 32.6. The second-order valence-electron chi connectivity index (χ2n) is 5.77. The second kappa shape index (κ2) is 9.12. The van der Waals surface area contributed by atoms with E-state index in [2.05, 4.69) is 0 Å². The van der Waals surface area contributed by atoms with Crippen LogP contribution in [0.2, 0.25) is 0 Å². The number of esters is 1. The Labute approximate surface area is 124 Å². The molecule has 0 aliphatic rings. The highest BCUT2D eigenvalue weighted by molar-refractivity contribution is 5.71. The van der Waals surface area contributed by atoms with E-state index >= 15 is 0 Å². The lowest BCUT2D eigenvalue weighted by Gasteiger charge is -2.29. The molecule has 0 saturated heterocycles. The number of allylic oxidation sites excluding steroid dienone is 1. The Morgan fingerprint density at radius 2 is 1.86 bits per heavy atom. The lowest BCUT2D eigenvalue weighted by Crippen LogP contribution is -2.45. The van der Waals surface area contributed by atoms with Crippen LogP contribution in [0.25, 0.3) is 0 Å². The zero-order valence-corrected chi connectivity index (χ0v) is 12.7. The lowest BCUT2D eigenvalue weighted by molar-refractivity contribution is -0.873. The number of carboxylic acids is 2. The van der Waals surface area contributed by atoms with Gasteiger partial charge in [-0.15, -0.1) is 0 Å². The van der Waals surface area contributed by atoms with Crippen molar-refractivity contribution in [1.29, 1.82) is 0 Å². The predicted molar refractivity (Wildman–Crippen MR) is 73.0 cm³/mol. The fourth-order valence-corrected chi connectivity index (χ4v) is 1.69. The summed E-state index contributed by atoms with van der Waals surface area (Å²) in [5.74, 6) is -2.71. The Bertz CT molecular complexity index is 397. The van der Waals surface area contributed by atoms with Gasteiger partial charge in [-0.25, -0.2) is 0 Å². The van der Waals surface area contributed by atoms with Crippen LogP contribution < -0.4 is 5.11 Å². The molecule has 0 bridgehead atoms. The predicted octanol–water partition coefficient (Wildman–Crippen LogP) is -0.444. The normalized spacial score (nSPS) is 13.1. The fourth-order valence-electron chi connectivity index (χ4n) is 1.69. The van der Waals surface area contributed by atoms with E-state index in [1.54, 1.807) is 6.08 Å². The number of quaternary nitrogens is 1. The quantitative estimate of drug-likeness (QED) is 0.333. The van der Waals surface area contributed by atoms with Gasteiger partial charge in [-0.1, -0.05) is 12.2 Å². The molecule has 0 spiro atoms. The van der Waals surface area contributed by atoms with Gasteiger partial charge in [0.15, 0.2) is 6.10 Å². The zero-order valence-electron chi connectivity index (χ0n) is 12.7. The largest absolute Gasteiger partial charge is 0.550 e. The van der Waals surface area contributed by atoms with Crippen molar-refractivity contribution in [3.05, 3.63) is 12.2 Å². The molecule has 21 heavy (non-hydrogen) atoms. The molecule has 0 aliphatic carbocycles. The maximum atomic E-state index is 11.6. The van der Waals surface area contributed by atoms with Gasteiger partial charge in [0.2, 0.25) is 0 Å². The molecule has 0 aromatic heterocycles. The molecule has 0 rings (SSSR count). The van der Waals surface area contributed by atoms with Crippen LogP contribution in [0.3, 0.4) is 0 Å². The molecule has 7 heteroatoms. The maximum absolute atomic E-state index is 11.6. The molecule has 0 radical (unpaired) electrons. The number of likely N-dealkylation sites (N-methyl/N-ethyl adjacent to an activating group) is 1. The van der Waals surface area contributed by atoms with Crippen molar-refractivity contribution in [2.24, 2.45) is 0 Å². The standard InChI is InChI=1S/C14H23NO6/c1-15(2,3)10-11(9-13(18)19)21-14(20)8-6-4-5-7-12(16)17/h4-5,11H,6-10H2,1-3H3,(H-,16,17,18,19)/b5-4+. The Balaban J connectivity index is 4.24. The Morgan fingerprint density at radius 3 is 2.33 bits per heavy atom. The van der Waals surface area contributed by atoms with E-state index in [1.807, 2.05) is 21.1 Å². The van der Waals surface area contributed by atoms with E-state index in [-0.39, 0.29) is 19.3 Å². The van der Waals surface area contributed by atoms with E-state index in [1.165, 1.54) is 6.08 Å². The number of nitrogens with zero attached hydrogens (tertiary/aromatic N) is 1. The summed E-state index contributed by atoms with van der Waals surface area (Å²) in [5, 5.41) is 19.1. The van der Waals surface area contributed by atoms with Crippen molar-refractivity contribution < 1.29 is 33.8 Å². The number of carbonyl (C=O) groups excluding carboxylic acids is 2. The summed E-state index contributed by atoms with van der Waals surface area (Å²) in [7, 11) is 5.60. The van der Waals surface area contributed by atoms with Crippen molar-refractivity contribution >= 4 is 17.9 Å². The molecule has 0 aliphatic heterocycles. The first kappa shape index (κ1) is 19.1. The number of carboxylic acid groups (broad SMARTS) is 2. The van der Waals surface area contributed by atoms with Crippen molar-refractivity contribution in [3.8, 4) is 0 Å². The number of hydrogen-bond acceptors (Lipinski definition) is 5. The van der Waals surface area contributed by atoms with Crippen LogP contribution >= 0.6 is 0 Å². The van der Waals surface area contributed by atoms with Crippen LogP contribution in [-0.4, -0.2) is 61.3 Å². The molecule has 1 atom stereocenters. The highest BCUT2D eigenvalue weighted by Gasteiger charge is 2.22. The molecule has 0 heterocycles. The number of carbonyl (C=O) groups is 3. The van der Waals surface area contributed by atoms with Gasteiger partial charge in [0, 0.05) is 18.8 Å². The summed E-state index contributed by atoms with van der Waals surface area (Å²) in [5.41, 5.74) is 0. The maximum Gasteiger partial charge on any atom is 0.307 e. The van der Waals surface area contributed by atoms with Crippen molar-refractivity contribution in [1.82, 2.24) is 0 Å². The third-order valence-electron chi connectivity index (χ3n) is 2.42. The van der Waals surface area contributed by atoms with Gasteiger partial charge in [-0.05, 0) is 6.42 Å². The van der Waals surface area contributed by atoms with E-state index < -0.39 is 24.0 Å². The molecule has 1 unspecified atom stereocenters. The van der Waals surface area contributed by atoms with Crippen LogP contribution in [0.5, 0.6) is 0 Å². The summed E-state index contributed by atoms with van der Waals surface area (Å²) in [6.07, 6.45) is 2.32. The molecule has 0 saturated carbocycles. The van der Waals surface area contributed by atoms with Gasteiger partial charge < -0.3 is 24.2 Å². The lowest BCUT2D eigenvalue weighted by atomic mass is 10.2. The summed E-state index contributed by atoms with van der Waals surface area (Å²) in [6, 6.07) is 0. The summed E-state index contributed by atoms with van der Waals surface area (Å²) < 4.78 is 5.60. The first-order valence-corrected chi connectivity index (χ1v) is 6.66. The van der Waals surface area contributed by atoms with E-state index in [0.717, 1.165) is 0 Å². The highest BCUT2D eigenvalue weighted by Crippen LogP contribution is 2.07. The number of ether oxygens (including phenoxy) is 1. The average Bonchev–Trinajstić information content (AvgIpc) is 2.24. The molecular formula is C14H23NO6. The first-order chi connectivity index (χ1) is 9.60. The zero-order chi connectivity index (χ0) is 16.5. The van der Waals surface area contributed by atoms with Crippen LogP contribution in [0.4, 0.5) is 0 Å². The second-order valence-corrected chi connectivity index (χ2v) is 5.77. The van der Waals surface area contributed by atoms with Gasteiger partial charge in [-0.3, -0.25) is 9.59 Å². The molecule has 1 N–H and O–H groups in total. The van der Waals surface area contributed by atoms with Gasteiger partial charge in [-0.2, -0.15) is 0 Å². The third-order valence-corrected chi connectivity index (χ3v) is 2.42. The Kier molecular flexibility index (Phi) is 8.30. The van der Waals surface area contributed by atoms with Gasteiger partial charge >= 0.3 is 11.9 Å². The Morgan fingerprint density at radius 1 is 1.24 bits per heavy atom. The third kappa shape index (κ3) is 12.9. The Hall–Kier alpha value is -1.89. The summed E-state index contributed by atoms with van der Waals surface area (Å²) >= 11 is 0. The van der Waals surface area contributed by atoms with Gasteiger partial charge in [0.1, 0.15) is 6.54 Å². The van der Waals surface area contributed by atoms with E-state index in [4.69, 9.17) is 9.84 Å². The topological polar surface area (TPSA) is 104 Å². The van der Waals surface area contributed by atoms with Crippen molar-refractivity contribution in [2.45, 2.75) is 31.8 Å².